The van der Waals surface area contributed by atoms with Gasteiger partial charge in [0.05, 0.1) is 36.2 Å². The van der Waals surface area contributed by atoms with Gasteiger partial charge in [0.2, 0.25) is 0 Å². The van der Waals surface area contributed by atoms with E-state index in [4.69, 9.17) is 21.1 Å². The van der Waals surface area contributed by atoms with Crippen molar-refractivity contribution >= 4 is 17.3 Å². The lowest BCUT2D eigenvalue weighted by Crippen LogP contribution is -2.35. The third-order valence-electron chi connectivity index (χ3n) is 7.44. The third-order valence-corrected chi connectivity index (χ3v) is 7.74. The van der Waals surface area contributed by atoms with E-state index >= 15 is 0 Å². The van der Waals surface area contributed by atoms with Crippen molar-refractivity contribution in [2.45, 2.75) is 51.0 Å². The average molecular weight is 516 g/mol. The number of hydrogen-bond acceptors (Lipinski definition) is 7. The second-order valence-electron chi connectivity index (χ2n) is 9.94. The number of methoxy groups -OCH3 is 1. The van der Waals surface area contributed by atoms with Crippen LogP contribution in [0.3, 0.4) is 0 Å². The van der Waals surface area contributed by atoms with E-state index in [2.05, 4.69) is 26.7 Å². The van der Waals surface area contributed by atoms with Gasteiger partial charge in [-0.15, -0.1) is 0 Å². The van der Waals surface area contributed by atoms with Gasteiger partial charge in [0.15, 0.2) is 0 Å². The van der Waals surface area contributed by atoms with Crippen LogP contribution in [0.25, 0.3) is 11.1 Å². The van der Waals surface area contributed by atoms with Crippen LogP contribution in [-0.2, 0) is 15.9 Å². The molecule has 0 aromatic carbocycles. The smallest absolute Gasteiger partial charge is 0.149 e. The molecule has 194 valence electrons. The van der Waals surface area contributed by atoms with E-state index in [0.29, 0.717) is 61.4 Å². The molecule has 0 radical (unpaired) electrons. The zero-order valence-electron chi connectivity index (χ0n) is 20.9. The summed E-state index contributed by atoms with van der Waals surface area (Å²) < 4.78 is 25.4. The van der Waals surface area contributed by atoms with Gasteiger partial charge in [-0.3, -0.25) is 4.98 Å². The number of hydrogen-bond donors (Lipinski definition) is 2. The molecule has 2 aromatic heterocycles. The fourth-order valence-electron chi connectivity index (χ4n) is 5.13. The highest BCUT2D eigenvalue weighted by Crippen LogP contribution is 2.34. The molecule has 0 amide bonds. The Bertz CT molecular complexity index is 1050. The first kappa shape index (κ1) is 26.7. The van der Waals surface area contributed by atoms with Crippen molar-refractivity contribution in [1.29, 1.82) is 5.26 Å². The highest BCUT2D eigenvalue weighted by Gasteiger charge is 2.32. The summed E-state index contributed by atoms with van der Waals surface area (Å²) in [5.74, 6) is 0.100. The Morgan fingerprint density at radius 2 is 1.94 bits per heavy atom. The molecular formula is C27H35ClFN5O2. The number of nitrogens with zero attached hydrogens (tertiary/aromatic N) is 3. The molecule has 4 rings (SSSR count). The number of pyridine rings is 2. The Labute approximate surface area is 217 Å². The largest absolute Gasteiger partial charge is 0.383 e. The molecule has 3 heterocycles. The SMILES string of the molecule is COCCNC1CCC(Cc2cc(-c3cc(NCC4(C#N)CCOCC4)cnc3Cl)c(F)cn2)CC1. The lowest BCUT2D eigenvalue weighted by molar-refractivity contribution is 0.0456. The number of nitriles is 1. The van der Waals surface area contributed by atoms with Gasteiger partial charge in [-0.1, -0.05) is 11.6 Å². The molecule has 9 heteroatoms. The molecule has 7 nitrogen and oxygen atoms in total. The first-order valence-corrected chi connectivity index (χ1v) is 13.2. The van der Waals surface area contributed by atoms with Gasteiger partial charge in [0, 0.05) is 56.3 Å². The van der Waals surface area contributed by atoms with Crippen molar-refractivity contribution < 1.29 is 13.9 Å². The highest BCUT2D eigenvalue weighted by molar-refractivity contribution is 6.32. The molecule has 36 heavy (non-hydrogen) atoms. The molecule has 2 aromatic rings. The van der Waals surface area contributed by atoms with E-state index in [9.17, 15) is 9.65 Å². The second-order valence-corrected chi connectivity index (χ2v) is 10.3. The zero-order chi connectivity index (χ0) is 25.4. The molecule has 0 unspecified atom stereocenters. The van der Waals surface area contributed by atoms with E-state index in [1.165, 1.54) is 6.20 Å². The number of nitrogens with one attached hydrogen (secondary N) is 2. The molecule has 1 saturated carbocycles. The number of halogens is 2. The molecular weight excluding hydrogens is 481 g/mol. The fourth-order valence-corrected chi connectivity index (χ4v) is 5.33. The predicted octanol–water partition coefficient (Wildman–Crippen LogP) is 5.01. The van der Waals surface area contributed by atoms with Gasteiger partial charge in [-0.2, -0.15) is 5.26 Å². The normalized spacial score (nSPS) is 21.6. The minimum atomic E-state index is -0.481. The van der Waals surface area contributed by atoms with Crippen molar-refractivity contribution in [1.82, 2.24) is 15.3 Å². The lowest BCUT2D eigenvalue weighted by atomic mass is 9.81. The summed E-state index contributed by atoms with van der Waals surface area (Å²) in [6.45, 7) is 3.24. The summed E-state index contributed by atoms with van der Waals surface area (Å²) >= 11 is 6.41. The van der Waals surface area contributed by atoms with Crippen LogP contribution in [0.2, 0.25) is 5.15 Å². The molecule has 0 spiro atoms. The fraction of sp³-hybridized carbons (Fsp3) is 0.593. The van der Waals surface area contributed by atoms with Gasteiger partial charge in [0.1, 0.15) is 11.0 Å². The summed E-state index contributed by atoms with van der Waals surface area (Å²) in [6, 6.07) is 6.60. The summed E-state index contributed by atoms with van der Waals surface area (Å²) in [6.07, 6.45) is 9.56. The van der Waals surface area contributed by atoms with E-state index < -0.39 is 11.2 Å². The van der Waals surface area contributed by atoms with Crippen LogP contribution < -0.4 is 10.6 Å². The van der Waals surface area contributed by atoms with Crippen molar-refractivity contribution in [3.8, 4) is 17.2 Å². The minimum absolute atomic E-state index is 0.236. The monoisotopic (exact) mass is 515 g/mol. The second kappa shape index (κ2) is 12.8. The Morgan fingerprint density at radius 3 is 2.67 bits per heavy atom. The molecule has 0 bridgehead atoms. The van der Waals surface area contributed by atoms with Gasteiger partial charge in [-0.25, -0.2) is 9.37 Å². The Morgan fingerprint density at radius 1 is 1.17 bits per heavy atom. The lowest BCUT2D eigenvalue weighted by Gasteiger charge is -2.31. The number of anilines is 1. The highest BCUT2D eigenvalue weighted by atomic mass is 35.5. The van der Waals surface area contributed by atoms with Crippen LogP contribution >= 0.6 is 11.6 Å². The summed E-state index contributed by atoms with van der Waals surface area (Å²) in [5, 5.41) is 16.8. The summed E-state index contributed by atoms with van der Waals surface area (Å²) in [4.78, 5) is 8.66. The van der Waals surface area contributed by atoms with Crippen molar-refractivity contribution in [3.05, 3.63) is 41.2 Å². The average Bonchev–Trinajstić information content (AvgIpc) is 2.91. The van der Waals surface area contributed by atoms with Gasteiger partial charge < -0.3 is 20.1 Å². The van der Waals surface area contributed by atoms with Crippen LogP contribution in [-0.4, -0.2) is 56.0 Å². The van der Waals surface area contributed by atoms with Crippen LogP contribution in [0.15, 0.2) is 24.5 Å². The van der Waals surface area contributed by atoms with E-state index in [1.54, 1.807) is 25.4 Å². The predicted molar refractivity (Wildman–Crippen MR) is 138 cm³/mol. The Hall–Kier alpha value is -2.31. The molecule has 1 aliphatic carbocycles. The molecule has 1 saturated heterocycles. The maximum absolute atomic E-state index is 14.9. The van der Waals surface area contributed by atoms with Crippen LogP contribution in [0, 0.1) is 28.5 Å². The molecule has 0 atom stereocenters. The summed E-state index contributed by atoms with van der Waals surface area (Å²) in [5.41, 5.74) is 2.00. The van der Waals surface area contributed by atoms with E-state index in [0.717, 1.165) is 50.9 Å². The zero-order valence-corrected chi connectivity index (χ0v) is 21.6. The van der Waals surface area contributed by atoms with Crippen molar-refractivity contribution in [2.75, 3.05) is 45.3 Å². The maximum Gasteiger partial charge on any atom is 0.149 e. The maximum atomic E-state index is 14.9. The molecule has 2 N–H and O–H groups in total. The quantitative estimate of drug-likeness (QED) is 0.339. The summed E-state index contributed by atoms with van der Waals surface area (Å²) in [7, 11) is 1.72. The molecule has 2 aliphatic rings. The first-order chi connectivity index (χ1) is 17.5. The number of rotatable bonds is 10. The minimum Gasteiger partial charge on any atom is -0.383 e. The van der Waals surface area contributed by atoms with E-state index in [-0.39, 0.29) is 5.15 Å². The van der Waals surface area contributed by atoms with Crippen LogP contribution in [0.4, 0.5) is 10.1 Å². The van der Waals surface area contributed by atoms with E-state index in [1.807, 2.05) is 0 Å². The van der Waals surface area contributed by atoms with Crippen molar-refractivity contribution in [2.24, 2.45) is 11.3 Å². The standard InChI is InChI=1S/C27H35ClFN5O2/c1-35-11-8-31-20-4-2-19(3-5-20)12-21-13-23(25(29)16-32-21)24-14-22(15-33-26(24)28)34-18-27(17-30)6-9-36-10-7-27/h13-16,19-20,31,34H,2-12,18H2,1H3. The van der Waals surface area contributed by atoms with Gasteiger partial charge in [0.25, 0.3) is 0 Å². The topological polar surface area (TPSA) is 92.1 Å². The Kier molecular flexibility index (Phi) is 9.49. The first-order valence-electron chi connectivity index (χ1n) is 12.8. The number of aromatic nitrogens is 2. The van der Waals surface area contributed by atoms with Gasteiger partial charge >= 0.3 is 0 Å². The van der Waals surface area contributed by atoms with Gasteiger partial charge in [-0.05, 0) is 63.0 Å². The number of ether oxygens (including phenoxy) is 2. The molecule has 1 aliphatic heterocycles. The molecule has 2 fully saturated rings. The third kappa shape index (κ3) is 6.92. The Balaban J connectivity index is 1.42. The van der Waals surface area contributed by atoms with Crippen molar-refractivity contribution in [3.63, 3.8) is 0 Å². The van der Waals surface area contributed by atoms with Crippen LogP contribution in [0.5, 0.6) is 0 Å². The van der Waals surface area contributed by atoms with Crippen LogP contribution in [0.1, 0.15) is 44.2 Å².